The number of hydrogen-bond donors (Lipinski definition) is 1. The SMILES string of the molecule is CC(C1CC1)N(C)Cc1occc1CNC(C)(C)C. The Bertz CT molecular complexity index is 401. The molecule has 0 radical (unpaired) electrons. The molecule has 1 fully saturated rings. The molecular weight excluding hydrogens is 236 g/mol. The first kappa shape index (κ1) is 14.6. The van der Waals surface area contributed by atoms with Crippen molar-refractivity contribution < 1.29 is 4.42 Å². The van der Waals surface area contributed by atoms with Crippen LogP contribution in [-0.2, 0) is 13.1 Å². The predicted octanol–water partition coefficient (Wildman–Crippen LogP) is 3.40. The predicted molar refractivity (Wildman–Crippen MR) is 79.0 cm³/mol. The van der Waals surface area contributed by atoms with E-state index >= 15 is 0 Å². The van der Waals surface area contributed by atoms with Crippen molar-refractivity contribution in [2.75, 3.05) is 7.05 Å². The second-order valence-corrected chi connectivity index (χ2v) is 6.97. The fourth-order valence-electron chi connectivity index (χ4n) is 2.33. The molecule has 1 N–H and O–H groups in total. The molecule has 0 saturated heterocycles. The summed E-state index contributed by atoms with van der Waals surface area (Å²) in [4.78, 5) is 2.41. The molecule has 1 heterocycles. The Morgan fingerprint density at radius 3 is 2.68 bits per heavy atom. The second kappa shape index (κ2) is 5.68. The minimum absolute atomic E-state index is 0.141. The Morgan fingerprint density at radius 1 is 1.42 bits per heavy atom. The van der Waals surface area contributed by atoms with Crippen LogP contribution in [0.2, 0.25) is 0 Å². The van der Waals surface area contributed by atoms with Crippen molar-refractivity contribution in [3.8, 4) is 0 Å². The van der Waals surface area contributed by atoms with Crippen molar-refractivity contribution in [2.45, 2.75) is 65.2 Å². The molecule has 0 amide bonds. The standard InChI is InChI=1S/C16H28N2O/c1-12(13-6-7-13)18(5)11-15-14(8-9-19-15)10-17-16(2,3)4/h8-9,12-13,17H,6-7,10-11H2,1-5H3. The Morgan fingerprint density at radius 2 is 2.11 bits per heavy atom. The molecule has 1 aromatic heterocycles. The van der Waals surface area contributed by atoms with Gasteiger partial charge in [-0.15, -0.1) is 0 Å². The lowest BCUT2D eigenvalue weighted by molar-refractivity contribution is 0.208. The third-order valence-corrected chi connectivity index (χ3v) is 4.04. The molecule has 0 spiro atoms. The molecule has 1 unspecified atom stereocenters. The first-order chi connectivity index (χ1) is 8.87. The van der Waals surface area contributed by atoms with Crippen LogP contribution < -0.4 is 5.32 Å². The van der Waals surface area contributed by atoms with Crippen molar-refractivity contribution >= 4 is 0 Å². The van der Waals surface area contributed by atoms with Gasteiger partial charge >= 0.3 is 0 Å². The zero-order valence-electron chi connectivity index (χ0n) is 13.0. The van der Waals surface area contributed by atoms with Gasteiger partial charge in [-0.25, -0.2) is 0 Å². The summed E-state index contributed by atoms with van der Waals surface area (Å²) < 4.78 is 5.67. The molecule has 1 aromatic rings. The van der Waals surface area contributed by atoms with E-state index in [1.807, 2.05) is 6.26 Å². The third kappa shape index (κ3) is 4.36. The zero-order chi connectivity index (χ0) is 14.0. The Kier molecular flexibility index (Phi) is 4.36. The van der Waals surface area contributed by atoms with Gasteiger partial charge in [-0.3, -0.25) is 4.90 Å². The van der Waals surface area contributed by atoms with E-state index in [1.54, 1.807) is 0 Å². The highest BCUT2D eigenvalue weighted by Gasteiger charge is 2.30. The lowest BCUT2D eigenvalue weighted by atomic mass is 10.1. The number of rotatable bonds is 6. The lowest BCUT2D eigenvalue weighted by Crippen LogP contribution is -2.35. The van der Waals surface area contributed by atoms with Crippen molar-refractivity contribution in [3.63, 3.8) is 0 Å². The molecule has 1 atom stereocenters. The summed E-state index contributed by atoms with van der Waals surface area (Å²) in [5.41, 5.74) is 1.42. The maximum Gasteiger partial charge on any atom is 0.122 e. The summed E-state index contributed by atoms with van der Waals surface area (Å²) in [7, 11) is 2.20. The molecule has 108 valence electrons. The minimum Gasteiger partial charge on any atom is -0.468 e. The monoisotopic (exact) mass is 264 g/mol. The second-order valence-electron chi connectivity index (χ2n) is 6.97. The van der Waals surface area contributed by atoms with Crippen LogP contribution in [0.1, 0.15) is 51.9 Å². The van der Waals surface area contributed by atoms with Crippen molar-refractivity contribution in [1.29, 1.82) is 0 Å². The summed E-state index contributed by atoms with van der Waals surface area (Å²) in [5.74, 6) is 2.00. The van der Waals surface area contributed by atoms with E-state index in [0.29, 0.717) is 6.04 Å². The molecule has 1 aliphatic rings. The fourth-order valence-corrected chi connectivity index (χ4v) is 2.33. The van der Waals surface area contributed by atoms with Crippen LogP contribution in [0, 0.1) is 5.92 Å². The summed E-state index contributed by atoms with van der Waals surface area (Å²) in [6, 6.07) is 2.75. The fraction of sp³-hybridized carbons (Fsp3) is 0.750. The van der Waals surface area contributed by atoms with Gasteiger partial charge in [-0.05, 0) is 59.6 Å². The first-order valence-electron chi connectivity index (χ1n) is 7.37. The number of furan rings is 1. The van der Waals surface area contributed by atoms with Crippen LogP contribution in [0.15, 0.2) is 16.7 Å². The summed E-state index contributed by atoms with van der Waals surface area (Å²) >= 11 is 0. The molecule has 3 heteroatoms. The molecule has 0 bridgehead atoms. The highest BCUT2D eigenvalue weighted by atomic mass is 16.3. The van der Waals surface area contributed by atoms with Crippen LogP contribution in [0.5, 0.6) is 0 Å². The molecule has 1 aliphatic carbocycles. The van der Waals surface area contributed by atoms with E-state index in [4.69, 9.17) is 4.42 Å². The Labute approximate surface area is 117 Å². The van der Waals surface area contributed by atoms with Crippen LogP contribution in [0.3, 0.4) is 0 Å². The average Bonchev–Trinajstić information content (AvgIpc) is 3.07. The topological polar surface area (TPSA) is 28.4 Å². The molecule has 1 saturated carbocycles. The van der Waals surface area contributed by atoms with E-state index in [-0.39, 0.29) is 5.54 Å². The average molecular weight is 264 g/mol. The summed E-state index contributed by atoms with van der Waals surface area (Å²) in [5, 5.41) is 3.52. The number of nitrogens with one attached hydrogen (secondary N) is 1. The van der Waals surface area contributed by atoms with Crippen LogP contribution in [-0.4, -0.2) is 23.5 Å². The molecular formula is C16H28N2O. The van der Waals surface area contributed by atoms with Crippen LogP contribution in [0.4, 0.5) is 0 Å². The van der Waals surface area contributed by atoms with E-state index in [9.17, 15) is 0 Å². The van der Waals surface area contributed by atoms with Gasteiger partial charge in [0.1, 0.15) is 5.76 Å². The third-order valence-electron chi connectivity index (χ3n) is 4.04. The van der Waals surface area contributed by atoms with Gasteiger partial charge < -0.3 is 9.73 Å². The number of nitrogens with zero attached hydrogens (tertiary/aromatic N) is 1. The van der Waals surface area contributed by atoms with Crippen molar-refractivity contribution in [2.24, 2.45) is 5.92 Å². The van der Waals surface area contributed by atoms with Gasteiger partial charge in [0.15, 0.2) is 0 Å². The van der Waals surface area contributed by atoms with Crippen molar-refractivity contribution in [1.82, 2.24) is 10.2 Å². The smallest absolute Gasteiger partial charge is 0.122 e. The quantitative estimate of drug-likeness (QED) is 0.853. The minimum atomic E-state index is 0.141. The molecule has 19 heavy (non-hydrogen) atoms. The van der Waals surface area contributed by atoms with E-state index in [1.165, 1.54) is 18.4 Å². The zero-order valence-corrected chi connectivity index (χ0v) is 13.0. The maximum absolute atomic E-state index is 5.67. The normalized spacial score (nSPS) is 18.0. The molecule has 2 rings (SSSR count). The molecule has 0 aromatic carbocycles. The van der Waals surface area contributed by atoms with E-state index < -0.39 is 0 Å². The van der Waals surface area contributed by atoms with Gasteiger partial charge in [0.05, 0.1) is 12.8 Å². The van der Waals surface area contributed by atoms with Gasteiger partial charge in [0.2, 0.25) is 0 Å². The highest BCUT2D eigenvalue weighted by molar-refractivity contribution is 5.17. The van der Waals surface area contributed by atoms with Gasteiger partial charge in [0.25, 0.3) is 0 Å². The maximum atomic E-state index is 5.67. The Balaban J connectivity index is 1.91. The van der Waals surface area contributed by atoms with E-state index in [0.717, 1.165) is 24.8 Å². The van der Waals surface area contributed by atoms with Crippen LogP contribution in [0.25, 0.3) is 0 Å². The van der Waals surface area contributed by atoms with Gasteiger partial charge in [-0.1, -0.05) is 0 Å². The Hall–Kier alpha value is -0.800. The first-order valence-corrected chi connectivity index (χ1v) is 7.37. The highest BCUT2D eigenvalue weighted by Crippen LogP contribution is 2.35. The van der Waals surface area contributed by atoms with Gasteiger partial charge in [-0.2, -0.15) is 0 Å². The van der Waals surface area contributed by atoms with Crippen LogP contribution >= 0.6 is 0 Å². The number of hydrogen-bond acceptors (Lipinski definition) is 3. The van der Waals surface area contributed by atoms with Crippen molar-refractivity contribution in [3.05, 3.63) is 23.7 Å². The largest absolute Gasteiger partial charge is 0.468 e. The van der Waals surface area contributed by atoms with E-state index in [2.05, 4.69) is 51.0 Å². The summed E-state index contributed by atoms with van der Waals surface area (Å²) in [6.07, 6.45) is 4.59. The summed E-state index contributed by atoms with van der Waals surface area (Å²) in [6.45, 7) is 10.7. The van der Waals surface area contributed by atoms with Gasteiger partial charge in [0, 0.05) is 23.7 Å². The lowest BCUT2D eigenvalue weighted by Gasteiger charge is -2.24. The molecule has 3 nitrogen and oxygen atoms in total. The molecule has 0 aliphatic heterocycles.